The van der Waals surface area contributed by atoms with E-state index in [2.05, 4.69) is 5.32 Å². The molecule has 0 spiro atoms. The van der Waals surface area contributed by atoms with Gasteiger partial charge in [0.25, 0.3) is 0 Å². The fraction of sp³-hybridized carbons (Fsp3) is 0.345. The summed E-state index contributed by atoms with van der Waals surface area (Å²) in [6, 6.07) is 17.7. The van der Waals surface area contributed by atoms with Gasteiger partial charge in [0.1, 0.15) is 5.82 Å². The van der Waals surface area contributed by atoms with Crippen molar-refractivity contribution in [2.24, 2.45) is 0 Å². The largest absolute Gasteiger partial charge is 0.478 e. The van der Waals surface area contributed by atoms with Crippen LogP contribution in [-0.2, 0) is 11.2 Å². The Labute approximate surface area is 216 Å². The molecule has 0 aromatic heterocycles. The number of carbonyl (C=O) groups is 1. The van der Waals surface area contributed by atoms with Gasteiger partial charge in [0, 0.05) is 17.1 Å². The summed E-state index contributed by atoms with van der Waals surface area (Å²) < 4.78 is 20.2. The molecular weight excluding hydrogens is 481 g/mol. The number of hydrogen-bond acceptors (Lipinski definition) is 4. The Bertz CT molecular complexity index is 1210. The number of rotatable bonds is 11. The maximum atomic E-state index is 14.2. The van der Waals surface area contributed by atoms with Crippen LogP contribution in [-0.4, -0.2) is 41.0 Å². The second kappa shape index (κ2) is 12.0. The first-order valence-corrected chi connectivity index (χ1v) is 12.3. The minimum absolute atomic E-state index is 0.116. The monoisotopic (exact) mass is 513 g/mol. The van der Waals surface area contributed by atoms with Crippen LogP contribution >= 0.6 is 11.6 Å². The van der Waals surface area contributed by atoms with Crippen molar-refractivity contribution >= 4 is 17.6 Å². The second-order valence-electron chi connectivity index (χ2n) is 9.73. The summed E-state index contributed by atoms with van der Waals surface area (Å²) >= 11 is 5.84. The molecule has 0 bridgehead atoms. The van der Waals surface area contributed by atoms with E-state index in [4.69, 9.17) is 16.3 Å². The molecule has 0 radical (unpaired) electrons. The Hall–Kier alpha value is -2.77. The number of halogens is 2. The van der Waals surface area contributed by atoms with Crippen LogP contribution in [0.25, 0.3) is 11.1 Å². The first kappa shape index (κ1) is 27.8. The average Bonchev–Trinajstić information content (AvgIpc) is 2.82. The Balaban J connectivity index is 1.59. The molecule has 5 nitrogen and oxygen atoms in total. The van der Waals surface area contributed by atoms with Gasteiger partial charge in [-0.15, -0.1) is 0 Å². The molecule has 0 fully saturated rings. The second-order valence-corrected chi connectivity index (χ2v) is 10.2. The Morgan fingerprint density at radius 2 is 1.86 bits per heavy atom. The lowest BCUT2D eigenvalue weighted by Crippen LogP contribution is -2.46. The van der Waals surface area contributed by atoms with Crippen molar-refractivity contribution in [1.82, 2.24) is 5.32 Å². The van der Waals surface area contributed by atoms with Crippen molar-refractivity contribution in [3.8, 4) is 11.1 Å². The van der Waals surface area contributed by atoms with Gasteiger partial charge in [0.05, 0.1) is 24.4 Å². The van der Waals surface area contributed by atoms with E-state index >= 15 is 0 Å². The SMILES string of the molecule is Cc1cc(-c2ccccc2C(C)OCC(O)CNC(C)(C)Cc2ccc(Cl)cc2F)ccc1C(=O)O. The van der Waals surface area contributed by atoms with E-state index in [1.165, 1.54) is 6.07 Å². The van der Waals surface area contributed by atoms with Gasteiger partial charge in [-0.2, -0.15) is 0 Å². The van der Waals surface area contributed by atoms with Gasteiger partial charge < -0.3 is 20.3 Å². The lowest BCUT2D eigenvalue weighted by molar-refractivity contribution is -0.00398. The zero-order valence-corrected chi connectivity index (χ0v) is 21.8. The first-order chi connectivity index (χ1) is 17.0. The quantitative estimate of drug-likeness (QED) is 0.284. The van der Waals surface area contributed by atoms with Crippen molar-refractivity contribution in [1.29, 1.82) is 0 Å². The molecule has 0 heterocycles. The zero-order chi connectivity index (χ0) is 26.5. The number of aromatic carboxylic acids is 1. The van der Waals surface area contributed by atoms with Crippen LogP contribution in [0.15, 0.2) is 60.7 Å². The molecule has 3 aromatic rings. The number of ether oxygens (including phenoxy) is 1. The van der Waals surface area contributed by atoms with E-state index < -0.39 is 17.6 Å². The van der Waals surface area contributed by atoms with Crippen molar-refractivity contribution < 1.29 is 24.1 Å². The van der Waals surface area contributed by atoms with Gasteiger partial charge in [-0.3, -0.25) is 0 Å². The predicted octanol–water partition coefficient (Wildman–Crippen LogP) is 6.20. The molecule has 2 atom stereocenters. The van der Waals surface area contributed by atoms with E-state index in [-0.39, 0.29) is 30.6 Å². The number of carboxylic acids is 1. The molecule has 0 saturated carbocycles. The molecule has 3 aromatic carbocycles. The Kier molecular flexibility index (Phi) is 9.25. The third-order valence-electron chi connectivity index (χ3n) is 6.17. The van der Waals surface area contributed by atoms with Gasteiger partial charge in [0.2, 0.25) is 0 Å². The molecule has 0 aliphatic heterocycles. The maximum absolute atomic E-state index is 14.2. The van der Waals surface area contributed by atoms with E-state index in [0.717, 1.165) is 16.7 Å². The van der Waals surface area contributed by atoms with Crippen molar-refractivity contribution in [3.63, 3.8) is 0 Å². The topological polar surface area (TPSA) is 78.8 Å². The fourth-order valence-corrected chi connectivity index (χ4v) is 4.35. The van der Waals surface area contributed by atoms with E-state index in [1.807, 2.05) is 51.1 Å². The molecule has 0 amide bonds. The molecule has 3 rings (SSSR count). The summed E-state index contributed by atoms with van der Waals surface area (Å²) in [5.41, 5.74) is 3.86. The van der Waals surface area contributed by atoms with Crippen molar-refractivity contribution in [2.75, 3.05) is 13.2 Å². The lowest BCUT2D eigenvalue weighted by atomic mass is 9.94. The van der Waals surface area contributed by atoms with Gasteiger partial charge in [0.15, 0.2) is 0 Å². The van der Waals surface area contributed by atoms with Crippen LogP contribution in [0.3, 0.4) is 0 Å². The number of carboxylic acid groups (broad SMARTS) is 1. The van der Waals surface area contributed by atoms with Crippen molar-refractivity contribution in [2.45, 2.75) is 51.9 Å². The summed E-state index contributed by atoms with van der Waals surface area (Å²) in [5, 5.41) is 23.5. The standard InChI is InChI=1S/C29H33ClFNO4/c1-18-13-20(10-12-24(18)28(34)35)26-8-6-5-7-25(26)19(2)36-17-23(33)16-32-29(3,4)15-21-9-11-22(30)14-27(21)31/h5-14,19,23,32-33H,15-17H2,1-4H3,(H,34,35). The minimum atomic E-state index is -0.951. The normalized spacial score (nSPS) is 13.4. The minimum Gasteiger partial charge on any atom is -0.478 e. The van der Waals surface area contributed by atoms with E-state index in [9.17, 15) is 19.4 Å². The number of hydrogen-bond donors (Lipinski definition) is 3. The van der Waals surface area contributed by atoms with Crippen LogP contribution in [0.2, 0.25) is 5.02 Å². The first-order valence-electron chi connectivity index (χ1n) is 11.9. The molecule has 0 aliphatic carbocycles. The zero-order valence-electron chi connectivity index (χ0n) is 21.0. The summed E-state index contributed by atoms with van der Waals surface area (Å²) in [6.45, 7) is 8.00. The van der Waals surface area contributed by atoms with Crippen LogP contribution in [0.4, 0.5) is 4.39 Å². The van der Waals surface area contributed by atoms with E-state index in [1.54, 1.807) is 31.2 Å². The third kappa shape index (κ3) is 7.37. The number of nitrogens with one attached hydrogen (secondary N) is 1. The molecule has 192 valence electrons. The van der Waals surface area contributed by atoms with Gasteiger partial charge in [-0.25, -0.2) is 9.18 Å². The molecule has 7 heteroatoms. The van der Waals surface area contributed by atoms with Crippen LogP contribution in [0.5, 0.6) is 0 Å². The average molecular weight is 514 g/mol. The Morgan fingerprint density at radius 3 is 2.53 bits per heavy atom. The van der Waals surface area contributed by atoms with Gasteiger partial charge in [-0.05, 0) is 80.1 Å². The predicted molar refractivity (Wildman–Crippen MR) is 141 cm³/mol. The highest BCUT2D eigenvalue weighted by molar-refractivity contribution is 6.30. The molecule has 2 unspecified atom stereocenters. The number of β-amino-alcohol motifs (C(OH)–C–C–N with tert-alkyl or cyclic N) is 1. The van der Waals surface area contributed by atoms with Gasteiger partial charge in [-0.1, -0.05) is 54.1 Å². The number of aryl methyl sites for hydroxylation is 1. The lowest BCUT2D eigenvalue weighted by Gasteiger charge is -2.28. The highest BCUT2D eigenvalue weighted by atomic mass is 35.5. The Morgan fingerprint density at radius 1 is 1.14 bits per heavy atom. The highest BCUT2D eigenvalue weighted by Crippen LogP contribution is 2.31. The molecule has 36 heavy (non-hydrogen) atoms. The number of benzene rings is 3. The summed E-state index contributed by atoms with van der Waals surface area (Å²) in [6.07, 6.45) is -0.620. The maximum Gasteiger partial charge on any atom is 0.335 e. The number of aliphatic hydroxyl groups is 1. The summed E-state index contributed by atoms with van der Waals surface area (Å²) in [4.78, 5) is 11.4. The smallest absolute Gasteiger partial charge is 0.335 e. The van der Waals surface area contributed by atoms with Crippen molar-refractivity contribution in [3.05, 3.63) is 93.8 Å². The van der Waals surface area contributed by atoms with Crippen LogP contribution in [0.1, 0.15) is 53.9 Å². The molecule has 3 N–H and O–H groups in total. The number of aliphatic hydroxyl groups excluding tert-OH is 1. The third-order valence-corrected chi connectivity index (χ3v) is 6.40. The fourth-order valence-electron chi connectivity index (χ4n) is 4.19. The molecular formula is C29H33ClFNO4. The highest BCUT2D eigenvalue weighted by Gasteiger charge is 2.22. The summed E-state index contributed by atoms with van der Waals surface area (Å²) in [7, 11) is 0. The summed E-state index contributed by atoms with van der Waals surface area (Å²) in [5.74, 6) is -1.30. The van der Waals surface area contributed by atoms with Crippen LogP contribution in [0, 0.1) is 12.7 Å². The van der Waals surface area contributed by atoms with E-state index in [0.29, 0.717) is 22.6 Å². The van der Waals surface area contributed by atoms with Crippen LogP contribution < -0.4 is 5.32 Å². The molecule has 0 aliphatic rings. The molecule has 0 saturated heterocycles. The van der Waals surface area contributed by atoms with Gasteiger partial charge >= 0.3 is 5.97 Å².